The number of terminal acetylenes is 1. The molecule has 0 bridgehead atoms. The fourth-order valence-corrected chi connectivity index (χ4v) is 2.43. The Morgan fingerprint density at radius 1 is 1.35 bits per heavy atom. The van der Waals surface area contributed by atoms with Gasteiger partial charge in [-0.15, -0.1) is 12.3 Å². The van der Waals surface area contributed by atoms with Crippen molar-refractivity contribution in [2.75, 3.05) is 6.61 Å². The molecular formula is C10H9Cl2NO3S. The molecule has 0 fully saturated rings. The Hall–Kier alpha value is -0.930. The van der Waals surface area contributed by atoms with Gasteiger partial charge in [0.1, 0.15) is 15.7 Å². The third kappa shape index (κ3) is 3.51. The molecule has 0 amide bonds. The van der Waals surface area contributed by atoms with E-state index in [0.717, 1.165) is 0 Å². The number of benzene rings is 1. The smallest absolute Gasteiger partial charge is 0.239 e. The van der Waals surface area contributed by atoms with Crippen LogP contribution in [-0.4, -0.2) is 15.0 Å². The molecule has 92 valence electrons. The predicted molar refractivity (Wildman–Crippen MR) is 66.8 cm³/mol. The molecular weight excluding hydrogens is 285 g/mol. The maximum absolute atomic E-state index is 11.1. The summed E-state index contributed by atoms with van der Waals surface area (Å²) in [5.74, 6) is 2.65. The van der Waals surface area contributed by atoms with Crippen LogP contribution in [0.3, 0.4) is 0 Å². The molecule has 0 aliphatic heterocycles. The first kappa shape index (κ1) is 14.1. The largest absolute Gasteiger partial charge is 0.491 e. The molecule has 0 aliphatic rings. The number of ether oxygens (including phenoxy) is 1. The van der Waals surface area contributed by atoms with E-state index in [-0.39, 0.29) is 27.3 Å². The molecule has 0 saturated carbocycles. The minimum Gasteiger partial charge on any atom is -0.491 e. The van der Waals surface area contributed by atoms with Crippen molar-refractivity contribution in [3.63, 3.8) is 0 Å². The van der Waals surface area contributed by atoms with Gasteiger partial charge in [0.2, 0.25) is 10.0 Å². The van der Waals surface area contributed by atoms with Crippen LogP contribution in [0.1, 0.15) is 6.42 Å². The van der Waals surface area contributed by atoms with Crippen LogP contribution in [-0.2, 0) is 10.0 Å². The van der Waals surface area contributed by atoms with E-state index in [0.29, 0.717) is 6.42 Å². The molecule has 17 heavy (non-hydrogen) atoms. The van der Waals surface area contributed by atoms with E-state index in [9.17, 15) is 8.42 Å². The fourth-order valence-electron chi connectivity index (χ4n) is 1.07. The Labute approximate surface area is 110 Å². The van der Waals surface area contributed by atoms with Crippen LogP contribution < -0.4 is 9.88 Å². The van der Waals surface area contributed by atoms with Crippen LogP contribution in [0.4, 0.5) is 0 Å². The van der Waals surface area contributed by atoms with E-state index in [1.807, 2.05) is 0 Å². The lowest BCUT2D eigenvalue weighted by atomic mass is 10.3. The Balaban J connectivity index is 3.08. The van der Waals surface area contributed by atoms with Gasteiger partial charge in [-0.2, -0.15) is 0 Å². The SMILES string of the molecule is C#CCCOc1ccc(S(N)(=O)=O)c(Cl)c1Cl. The van der Waals surface area contributed by atoms with Gasteiger partial charge in [-0.1, -0.05) is 23.2 Å². The van der Waals surface area contributed by atoms with Crippen molar-refractivity contribution in [2.45, 2.75) is 11.3 Å². The van der Waals surface area contributed by atoms with E-state index in [1.165, 1.54) is 12.1 Å². The summed E-state index contributed by atoms with van der Waals surface area (Å²) in [6.07, 6.45) is 5.46. The van der Waals surface area contributed by atoms with Crippen LogP contribution in [0.5, 0.6) is 5.75 Å². The van der Waals surface area contributed by atoms with Gasteiger partial charge in [0.25, 0.3) is 0 Å². The topological polar surface area (TPSA) is 69.4 Å². The first-order chi connectivity index (χ1) is 7.88. The summed E-state index contributed by atoms with van der Waals surface area (Å²) in [6.45, 7) is 0.265. The molecule has 1 aromatic rings. The highest BCUT2D eigenvalue weighted by molar-refractivity contribution is 7.89. The van der Waals surface area contributed by atoms with Crippen LogP contribution in [0.15, 0.2) is 17.0 Å². The van der Waals surface area contributed by atoms with Crippen molar-refractivity contribution in [3.8, 4) is 18.1 Å². The quantitative estimate of drug-likeness (QED) is 0.682. The summed E-state index contributed by atoms with van der Waals surface area (Å²) in [5, 5.41) is 4.80. The third-order valence-corrected chi connectivity index (χ3v) is 3.75. The molecule has 1 aromatic carbocycles. The fraction of sp³-hybridized carbons (Fsp3) is 0.200. The molecule has 7 heteroatoms. The van der Waals surface area contributed by atoms with E-state index < -0.39 is 10.0 Å². The van der Waals surface area contributed by atoms with E-state index in [4.69, 9.17) is 39.5 Å². The number of hydrogen-bond donors (Lipinski definition) is 1. The standard InChI is InChI=1S/C10H9Cl2NO3S/c1-2-3-6-16-7-4-5-8(17(13,14)15)10(12)9(7)11/h1,4-5H,3,6H2,(H2,13,14,15). The number of primary sulfonamides is 1. The molecule has 0 aromatic heterocycles. The number of nitrogens with two attached hydrogens (primary N) is 1. The van der Waals surface area contributed by atoms with Gasteiger partial charge in [0, 0.05) is 6.42 Å². The zero-order chi connectivity index (χ0) is 13.1. The lowest BCUT2D eigenvalue weighted by molar-refractivity contribution is 0.327. The summed E-state index contributed by atoms with van der Waals surface area (Å²) in [4.78, 5) is -0.242. The minimum atomic E-state index is -3.90. The average molecular weight is 294 g/mol. The lowest BCUT2D eigenvalue weighted by Gasteiger charge is -2.09. The van der Waals surface area contributed by atoms with E-state index in [1.54, 1.807) is 0 Å². The minimum absolute atomic E-state index is 0.00443. The van der Waals surface area contributed by atoms with E-state index in [2.05, 4.69) is 5.92 Å². The Bertz CT molecular complexity index is 564. The Morgan fingerprint density at radius 2 is 2.00 bits per heavy atom. The highest BCUT2D eigenvalue weighted by Gasteiger charge is 2.18. The van der Waals surface area contributed by atoms with Gasteiger partial charge in [-0.25, -0.2) is 13.6 Å². The highest BCUT2D eigenvalue weighted by atomic mass is 35.5. The number of hydrogen-bond acceptors (Lipinski definition) is 3. The van der Waals surface area contributed by atoms with Gasteiger partial charge in [-0.3, -0.25) is 0 Å². The molecule has 0 radical (unpaired) electrons. The molecule has 0 spiro atoms. The molecule has 0 aliphatic carbocycles. The summed E-state index contributed by atoms with van der Waals surface area (Å²) in [5.41, 5.74) is 0. The predicted octanol–water partition coefficient (Wildman–Crippen LogP) is 2.04. The number of rotatable bonds is 4. The van der Waals surface area contributed by atoms with Crippen LogP contribution in [0.2, 0.25) is 10.0 Å². The van der Waals surface area contributed by atoms with Crippen LogP contribution in [0, 0.1) is 12.3 Å². The number of sulfonamides is 1. The highest BCUT2D eigenvalue weighted by Crippen LogP contribution is 2.36. The maximum Gasteiger partial charge on any atom is 0.239 e. The molecule has 1 rings (SSSR count). The van der Waals surface area contributed by atoms with Crippen LogP contribution >= 0.6 is 23.2 Å². The summed E-state index contributed by atoms with van der Waals surface area (Å²) >= 11 is 11.6. The zero-order valence-electron chi connectivity index (χ0n) is 8.61. The summed E-state index contributed by atoms with van der Waals surface area (Å²) in [7, 11) is -3.90. The lowest BCUT2D eigenvalue weighted by Crippen LogP contribution is -2.13. The third-order valence-electron chi connectivity index (χ3n) is 1.82. The van der Waals surface area contributed by atoms with Gasteiger partial charge in [0.05, 0.1) is 11.6 Å². The second kappa shape index (κ2) is 5.61. The first-order valence-electron chi connectivity index (χ1n) is 4.45. The van der Waals surface area contributed by atoms with Gasteiger partial charge >= 0.3 is 0 Å². The van der Waals surface area contributed by atoms with Gasteiger partial charge in [0.15, 0.2) is 0 Å². The summed E-state index contributed by atoms with van der Waals surface area (Å²) in [6, 6.07) is 2.61. The monoisotopic (exact) mass is 293 g/mol. The van der Waals surface area contributed by atoms with Crippen molar-refractivity contribution >= 4 is 33.2 Å². The molecule has 0 unspecified atom stereocenters. The van der Waals surface area contributed by atoms with Crippen molar-refractivity contribution in [1.29, 1.82) is 0 Å². The Morgan fingerprint density at radius 3 is 2.53 bits per heavy atom. The van der Waals surface area contributed by atoms with E-state index >= 15 is 0 Å². The molecule has 2 N–H and O–H groups in total. The zero-order valence-corrected chi connectivity index (χ0v) is 10.9. The average Bonchev–Trinajstić information content (AvgIpc) is 2.23. The van der Waals surface area contributed by atoms with Crippen molar-refractivity contribution in [3.05, 3.63) is 22.2 Å². The molecule has 4 nitrogen and oxygen atoms in total. The second-order valence-corrected chi connectivity index (χ2v) is 5.32. The molecule has 0 atom stereocenters. The molecule has 0 saturated heterocycles. The molecule has 0 heterocycles. The van der Waals surface area contributed by atoms with Gasteiger partial charge < -0.3 is 4.74 Å². The normalized spacial score (nSPS) is 10.9. The number of halogens is 2. The Kier molecular flexibility index (Phi) is 4.66. The maximum atomic E-state index is 11.1. The first-order valence-corrected chi connectivity index (χ1v) is 6.75. The second-order valence-electron chi connectivity index (χ2n) is 3.04. The van der Waals surface area contributed by atoms with Crippen molar-refractivity contribution in [2.24, 2.45) is 5.14 Å². The summed E-state index contributed by atoms with van der Waals surface area (Å²) < 4.78 is 27.5. The van der Waals surface area contributed by atoms with Crippen molar-refractivity contribution in [1.82, 2.24) is 0 Å². The van der Waals surface area contributed by atoms with Crippen molar-refractivity contribution < 1.29 is 13.2 Å². The van der Waals surface area contributed by atoms with Gasteiger partial charge in [-0.05, 0) is 12.1 Å². The van der Waals surface area contributed by atoms with Crippen LogP contribution in [0.25, 0.3) is 0 Å².